The summed E-state index contributed by atoms with van der Waals surface area (Å²) in [5.74, 6) is 0.481. The van der Waals surface area contributed by atoms with Crippen LogP contribution in [0.25, 0.3) is 0 Å². The molecular weight excluding hydrogens is 394 g/mol. The molecule has 0 unspecified atom stereocenters. The number of amides is 2. The Morgan fingerprint density at radius 3 is 2.45 bits per heavy atom. The minimum absolute atomic E-state index is 0.189. The predicted molar refractivity (Wildman–Crippen MR) is 119 cm³/mol. The van der Waals surface area contributed by atoms with E-state index in [2.05, 4.69) is 21.9 Å². The number of carbonyl (C=O) groups is 2. The molecule has 0 aromatic heterocycles. The molecule has 4 rings (SSSR count). The highest BCUT2D eigenvalue weighted by molar-refractivity contribution is 6.23. The van der Waals surface area contributed by atoms with Crippen LogP contribution in [0, 0.1) is 0 Å². The predicted octanol–water partition coefficient (Wildman–Crippen LogP) is 2.65. The Bertz CT molecular complexity index is 954. The number of anilines is 1. The van der Waals surface area contributed by atoms with E-state index in [4.69, 9.17) is 9.47 Å². The van der Waals surface area contributed by atoms with Gasteiger partial charge in [-0.05, 0) is 36.2 Å². The molecule has 1 fully saturated rings. The molecule has 0 atom stereocenters. The minimum atomic E-state index is -0.199. The summed E-state index contributed by atoms with van der Waals surface area (Å²) < 4.78 is 10.4. The van der Waals surface area contributed by atoms with Gasteiger partial charge >= 0.3 is 0 Å². The molecule has 31 heavy (non-hydrogen) atoms. The topological polar surface area (TPSA) is 62.3 Å². The van der Waals surface area contributed by atoms with Crippen molar-refractivity contribution in [3.05, 3.63) is 59.2 Å². The maximum Gasteiger partial charge on any atom is 0.263 e. The molecule has 2 amide bonds. The molecule has 0 spiro atoms. The molecule has 0 saturated carbocycles. The van der Waals surface area contributed by atoms with E-state index in [9.17, 15) is 9.59 Å². The van der Waals surface area contributed by atoms with E-state index in [1.165, 1.54) is 10.5 Å². The molecule has 0 N–H and O–H groups in total. The molecule has 164 valence electrons. The van der Waals surface area contributed by atoms with Crippen molar-refractivity contribution >= 4 is 17.5 Å². The first kappa shape index (κ1) is 21.3. The van der Waals surface area contributed by atoms with E-state index >= 15 is 0 Å². The summed E-state index contributed by atoms with van der Waals surface area (Å²) in [6.07, 6.45) is 0.639. The van der Waals surface area contributed by atoms with Gasteiger partial charge < -0.3 is 14.4 Å². The lowest BCUT2D eigenvalue weighted by molar-refractivity contribution is 0.0639. The Labute approximate surface area is 183 Å². The summed E-state index contributed by atoms with van der Waals surface area (Å²) in [7, 11) is 3.30. The third-order valence-corrected chi connectivity index (χ3v) is 5.96. The molecular formula is C24H29N3O4. The number of benzene rings is 2. The number of fused-ring (bicyclic) bond motifs is 1. The molecule has 2 heterocycles. The summed E-state index contributed by atoms with van der Waals surface area (Å²) in [5.41, 5.74) is 3.15. The van der Waals surface area contributed by atoms with Gasteiger partial charge in [0.05, 0.1) is 23.9 Å². The molecule has 0 aliphatic carbocycles. The number of hydrogen-bond donors (Lipinski definition) is 0. The molecule has 2 aliphatic heterocycles. The van der Waals surface area contributed by atoms with Crippen molar-refractivity contribution in [3.63, 3.8) is 0 Å². The van der Waals surface area contributed by atoms with E-state index in [1.54, 1.807) is 20.3 Å². The van der Waals surface area contributed by atoms with Crippen molar-refractivity contribution in [2.24, 2.45) is 0 Å². The van der Waals surface area contributed by atoms with Crippen molar-refractivity contribution in [2.45, 2.75) is 13.0 Å². The highest BCUT2D eigenvalue weighted by Crippen LogP contribution is 2.32. The number of nitrogens with zero attached hydrogens (tertiary/aromatic N) is 3. The van der Waals surface area contributed by atoms with Gasteiger partial charge in [-0.25, -0.2) is 0 Å². The van der Waals surface area contributed by atoms with Gasteiger partial charge in [-0.2, -0.15) is 0 Å². The van der Waals surface area contributed by atoms with Gasteiger partial charge in [0, 0.05) is 53.0 Å². The van der Waals surface area contributed by atoms with Crippen LogP contribution in [0.1, 0.15) is 32.7 Å². The van der Waals surface area contributed by atoms with Gasteiger partial charge in [-0.3, -0.25) is 19.4 Å². The summed E-state index contributed by atoms with van der Waals surface area (Å²) in [4.78, 5) is 31.8. The van der Waals surface area contributed by atoms with E-state index in [0.717, 1.165) is 44.2 Å². The molecule has 7 nitrogen and oxygen atoms in total. The zero-order valence-corrected chi connectivity index (χ0v) is 18.2. The summed E-state index contributed by atoms with van der Waals surface area (Å²) in [5, 5.41) is 0. The fraction of sp³-hybridized carbons (Fsp3) is 0.417. The first-order valence-electron chi connectivity index (χ1n) is 10.7. The molecule has 0 bridgehead atoms. The van der Waals surface area contributed by atoms with Crippen LogP contribution in [0.2, 0.25) is 0 Å². The maximum absolute atomic E-state index is 13.0. The van der Waals surface area contributed by atoms with Gasteiger partial charge in [-0.1, -0.05) is 18.2 Å². The molecule has 7 heteroatoms. The summed E-state index contributed by atoms with van der Waals surface area (Å²) in [6, 6.07) is 13.7. The normalized spacial score (nSPS) is 16.7. The van der Waals surface area contributed by atoms with E-state index in [1.807, 2.05) is 24.3 Å². The van der Waals surface area contributed by atoms with Crippen LogP contribution in [0.3, 0.4) is 0 Å². The van der Waals surface area contributed by atoms with Gasteiger partial charge in [0.15, 0.2) is 0 Å². The monoisotopic (exact) mass is 423 g/mol. The third kappa shape index (κ3) is 4.43. The van der Waals surface area contributed by atoms with Crippen molar-refractivity contribution < 1.29 is 19.1 Å². The number of carbonyl (C=O) groups excluding carboxylic acids is 2. The standard InChI is InChI=1S/C24H29N3O4/c1-30-15-5-10-27-23(28)20-8-4-9-21(22(20)24(27)29)26-13-11-25(12-14-26)17-18-6-3-7-19(16-18)31-2/h3-4,6-9,16H,5,10-15,17H2,1-2H3. The SMILES string of the molecule is COCCCN1C(=O)c2cccc(N3CCN(Cc4cccc(OC)c4)CC3)c2C1=O. The number of ether oxygens (including phenoxy) is 2. The number of piperazine rings is 1. The fourth-order valence-electron chi connectivity index (χ4n) is 4.33. The van der Waals surface area contributed by atoms with E-state index in [0.29, 0.717) is 30.7 Å². The van der Waals surface area contributed by atoms with Crippen LogP contribution in [-0.2, 0) is 11.3 Å². The van der Waals surface area contributed by atoms with Crippen LogP contribution >= 0.6 is 0 Å². The Kier molecular flexibility index (Phi) is 6.53. The van der Waals surface area contributed by atoms with Gasteiger partial charge in [-0.15, -0.1) is 0 Å². The van der Waals surface area contributed by atoms with Crippen LogP contribution in [0.4, 0.5) is 5.69 Å². The molecule has 2 aromatic carbocycles. The second-order valence-electron chi connectivity index (χ2n) is 7.92. The van der Waals surface area contributed by atoms with Gasteiger partial charge in [0.1, 0.15) is 5.75 Å². The van der Waals surface area contributed by atoms with Gasteiger partial charge in [0.25, 0.3) is 11.8 Å². The highest BCUT2D eigenvalue weighted by Gasteiger charge is 2.38. The maximum atomic E-state index is 13.0. The lowest BCUT2D eigenvalue weighted by Gasteiger charge is -2.36. The molecule has 1 saturated heterocycles. The fourth-order valence-corrected chi connectivity index (χ4v) is 4.33. The smallest absolute Gasteiger partial charge is 0.263 e. The quantitative estimate of drug-likeness (QED) is 0.481. The second kappa shape index (κ2) is 9.49. The van der Waals surface area contributed by atoms with Crippen molar-refractivity contribution in [1.29, 1.82) is 0 Å². The lowest BCUT2D eigenvalue weighted by Crippen LogP contribution is -2.46. The first-order chi connectivity index (χ1) is 15.1. The summed E-state index contributed by atoms with van der Waals surface area (Å²) in [6.45, 7) is 5.17. The molecule has 2 aromatic rings. The van der Waals surface area contributed by atoms with E-state index in [-0.39, 0.29) is 11.8 Å². The van der Waals surface area contributed by atoms with Crippen molar-refractivity contribution in [1.82, 2.24) is 9.80 Å². The molecule has 2 aliphatic rings. The largest absolute Gasteiger partial charge is 0.497 e. The highest BCUT2D eigenvalue weighted by atomic mass is 16.5. The zero-order chi connectivity index (χ0) is 21.8. The zero-order valence-electron chi connectivity index (χ0n) is 18.2. The van der Waals surface area contributed by atoms with Crippen LogP contribution < -0.4 is 9.64 Å². The summed E-state index contributed by atoms with van der Waals surface area (Å²) >= 11 is 0. The Balaban J connectivity index is 1.43. The van der Waals surface area contributed by atoms with Crippen molar-refractivity contribution in [3.8, 4) is 5.75 Å². The van der Waals surface area contributed by atoms with Crippen LogP contribution in [-0.4, -0.2) is 75.2 Å². The average molecular weight is 424 g/mol. The number of imide groups is 1. The van der Waals surface area contributed by atoms with Crippen LogP contribution in [0.5, 0.6) is 5.75 Å². The first-order valence-corrected chi connectivity index (χ1v) is 10.7. The van der Waals surface area contributed by atoms with Gasteiger partial charge in [0.2, 0.25) is 0 Å². The average Bonchev–Trinajstić information content (AvgIpc) is 3.05. The Morgan fingerprint density at radius 2 is 1.71 bits per heavy atom. The Morgan fingerprint density at radius 1 is 0.935 bits per heavy atom. The van der Waals surface area contributed by atoms with Crippen molar-refractivity contribution in [2.75, 3.05) is 58.5 Å². The lowest BCUT2D eigenvalue weighted by atomic mass is 10.1. The van der Waals surface area contributed by atoms with Crippen LogP contribution in [0.15, 0.2) is 42.5 Å². The van der Waals surface area contributed by atoms with E-state index < -0.39 is 0 Å². The Hall–Kier alpha value is -2.90. The number of methoxy groups -OCH3 is 2. The minimum Gasteiger partial charge on any atom is -0.497 e. The number of rotatable bonds is 8. The number of hydrogen-bond acceptors (Lipinski definition) is 6. The third-order valence-electron chi connectivity index (χ3n) is 5.96. The second-order valence-corrected chi connectivity index (χ2v) is 7.92. The molecule has 0 radical (unpaired) electrons.